The number of amides is 4. The third-order valence-electron chi connectivity index (χ3n) is 5.29. The Kier molecular flexibility index (Phi) is 6.68. The van der Waals surface area contributed by atoms with Crippen LogP contribution < -0.4 is 5.32 Å². The van der Waals surface area contributed by atoms with Gasteiger partial charge >= 0.3 is 6.03 Å². The molecule has 0 saturated carbocycles. The predicted octanol–water partition coefficient (Wildman–Crippen LogP) is 2.00. The number of nitrogens with zero attached hydrogens (tertiary/aromatic N) is 3. The first kappa shape index (κ1) is 22.0. The van der Waals surface area contributed by atoms with E-state index in [2.05, 4.69) is 5.32 Å². The van der Waals surface area contributed by atoms with E-state index in [4.69, 9.17) is 10.00 Å². The van der Waals surface area contributed by atoms with E-state index in [0.717, 1.165) is 10.5 Å². The second-order valence-electron chi connectivity index (χ2n) is 7.43. The second-order valence-corrected chi connectivity index (χ2v) is 7.43. The number of hydrogen-bond donors (Lipinski definition) is 1. The maximum Gasteiger partial charge on any atom is 0.325 e. The predicted molar refractivity (Wildman–Crippen MR) is 112 cm³/mol. The van der Waals surface area contributed by atoms with Crippen LogP contribution in [0.3, 0.4) is 0 Å². The van der Waals surface area contributed by atoms with Gasteiger partial charge in [-0.3, -0.25) is 14.5 Å². The average Bonchev–Trinajstić information content (AvgIpc) is 3.01. The summed E-state index contributed by atoms with van der Waals surface area (Å²) in [6, 6.07) is 17.3. The molecule has 0 bridgehead atoms. The maximum atomic E-state index is 13.1. The molecule has 1 fully saturated rings. The Morgan fingerprint density at radius 3 is 2.45 bits per heavy atom. The molecule has 1 N–H and O–H groups in total. The van der Waals surface area contributed by atoms with Crippen molar-refractivity contribution in [3.05, 3.63) is 71.3 Å². The van der Waals surface area contributed by atoms with Crippen molar-refractivity contribution in [1.29, 1.82) is 5.26 Å². The summed E-state index contributed by atoms with van der Waals surface area (Å²) in [5, 5.41) is 11.6. The molecule has 4 amide bonds. The Balaban J connectivity index is 1.76. The molecule has 1 unspecified atom stereocenters. The number of urea groups is 1. The number of carbonyl (C=O) groups excluding carboxylic acids is 3. The van der Waals surface area contributed by atoms with Crippen LogP contribution >= 0.6 is 0 Å². The van der Waals surface area contributed by atoms with Crippen LogP contribution in [0.4, 0.5) is 4.79 Å². The summed E-state index contributed by atoms with van der Waals surface area (Å²) < 4.78 is 5.11. The van der Waals surface area contributed by atoms with Gasteiger partial charge < -0.3 is 15.0 Å². The number of nitrogens with one attached hydrogen (secondary N) is 1. The highest BCUT2D eigenvalue weighted by molar-refractivity contribution is 6.09. The van der Waals surface area contributed by atoms with Crippen LogP contribution in [0.25, 0.3) is 0 Å². The quantitative estimate of drug-likeness (QED) is 0.658. The van der Waals surface area contributed by atoms with Crippen LogP contribution in [0.1, 0.15) is 23.6 Å². The number of benzene rings is 2. The van der Waals surface area contributed by atoms with Gasteiger partial charge in [0.1, 0.15) is 12.1 Å². The normalized spacial score (nSPS) is 17.9. The highest BCUT2D eigenvalue weighted by Gasteiger charge is 2.49. The molecule has 160 valence electrons. The van der Waals surface area contributed by atoms with Crippen molar-refractivity contribution in [2.45, 2.75) is 19.0 Å². The van der Waals surface area contributed by atoms with Crippen LogP contribution in [-0.2, 0) is 26.4 Å². The molecule has 3 rings (SSSR count). The first-order valence-electron chi connectivity index (χ1n) is 9.84. The number of ether oxygens (including phenoxy) is 1. The smallest absolute Gasteiger partial charge is 0.325 e. The summed E-state index contributed by atoms with van der Waals surface area (Å²) in [7, 11) is 1.55. The zero-order valence-corrected chi connectivity index (χ0v) is 17.5. The Labute approximate surface area is 181 Å². The Morgan fingerprint density at radius 2 is 1.84 bits per heavy atom. The van der Waals surface area contributed by atoms with Crippen molar-refractivity contribution < 1.29 is 19.1 Å². The molecule has 1 aliphatic heterocycles. The average molecular weight is 420 g/mol. The summed E-state index contributed by atoms with van der Waals surface area (Å²) in [5.74, 6) is -0.865. The van der Waals surface area contributed by atoms with Gasteiger partial charge in [-0.15, -0.1) is 0 Å². The van der Waals surface area contributed by atoms with Crippen molar-refractivity contribution in [1.82, 2.24) is 15.1 Å². The number of imide groups is 1. The number of rotatable bonds is 8. The molecule has 1 atom stereocenters. The minimum atomic E-state index is -1.30. The van der Waals surface area contributed by atoms with Gasteiger partial charge in [-0.2, -0.15) is 5.26 Å². The monoisotopic (exact) mass is 420 g/mol. The molecule has 1 heterocycles. The molecule has 0 aliphatic carbocycles. The lowest BCUT2D eigenvalue weighted by atomic mass is 9.91. The standard InChI is InChI=1S/C23H24N4O4/c1-23(19-10-8-17(14-24)9-11-19)21(29)27(22(30)25-23)16-20(28)26(12-13-31-2)15-18-6-4-3-5-7-18/h3-11H,12-13,15-16H2,1-2H3,(H,25,30). The fourth-order valence-electron chi connectivity index (χ4n) is 3.45. The molecule has 0 spiro atoms. The molecule has 1 aliphatic rings. The topological polar surface area (TPSA) is 103 Å². The van der Waals surface area contributed by atoms with E-state index < -0.39 is 17.5 Å². The van der Waals surface area contributed by atoms with Crippen LogP contribution in [0.5, 0.6) is 0 Å². The Morgan fingerprint density at radius 1 is 1.16 bits per heavy atom. The van der Waals surface area contributed by atoms with E-state index in [0.29, 0.717) is 30.8 Å². The molecular weight excluding hydrogens is 396 g/mol. The van der Waals surface area contributed by atoms with Crippen molar-refractivity contribution in [3.63, 3.8) is 0 Å². The van der Waals surface area contributed by atoms with E-state index in [-0.39, 0.29) is 12.5 Å². The van der Waals surface area contributed by atoms with E-state index in [1.165, 1.54) is 0 Å². The highest BCUT2D eigenvalue weighted by atomic mass is 16.5. The summed E-state index contributed by atoms with van der Waals surface area (Å²) >= 11 is 0. The minimum absolute atomic E-state index is 0.334. The Hall–Kier alpha value is -3.70. The summed E-state index contributed by atoms with van der Waals surface area (Å²) in [6.07, 6.45) is 0. The lowest BCUT2D eigenvalue weighted by Crippen LogP contribution is -2.45. The van der Waals surface area contributed by atoms with E-state index in [1.807, 2.05) is 36.4 Å². The molecule has 8 heteroatoms. The van der Waals surface area contributed by atoms with E-state index >= 15 is 0 Å². The first-order chi connectivity index (χ1) is 14.9. The summed E-state index contributed by atoms with van der Waals surface area (Å²) in [5.41, 5.74) is 0.625. The van der Waals surface area contributed by atoms with Gasteiger partial charge in [0.2, 0.25) is 5.91 Å². The van der Waals surface area contributed by atoms with Crippen LogP contribution in [0.15, 0.2) is 54.6 Å². The molecule has 8 nitrogen and oxygen atoms in total. The molecular formula is C23H24N4O4. The van der Waals surface area contributed by atoms with E-state index in [1.54, 1.807) is 43.2 Å². The molecule has 2 aromatic rings. The zero-order chi connectivity index (χ0) is 22.4. The van der Waals surface area contributed by atoms with Crippen molar-refractivity contribution in [3.8, 4) is 6.07 Å². The van der Waals surface area contributed by atoms with Crippen molar-refractivity contribution in [2.24, 2.45) is 0 Å². The maximum absolute atomic E-state index is 13.1. The first-order valence-corrected chi connectivity index (χ1v) is 9.84. The second kappa shape index (κ2) is 9.41. The van der Waals surface area contributed by atoms with Crippen LogP contribution in [0.2, 0.25) is 0 Å². The van der Waals surface area contributed by atoms with Crippen LogP contribution in [-0.4, -0.2) is 54.5 Å². The van der Waals surface area contributed by atoms with Gasteiger partial charge in [-0.05, 0) is 30.2 Å². The van der Waals surface area contributed by atoms with Gasteiger partial charge in [-0.1, -0.05) is 42.5 Å². The third-order valence-corrected chi connectivity index (χ3v) is 5.29. The zero-order valence-electron chi connectivity index (χ0n) is 17.5. The van der Waals surface area contributed by atoms with Gasteiger partial charge in [0.05, 0.1) is 18.2 Å². The van der Waals surface area contributed by atoms with E-state index in [9.17, 15) is 14.4 Å². The highest BCUT2D eigenvalue weighted by Crippen LogP contribution is 2.29. The molecule has 2 aromatic carbocycles. The fraction of sp³-hybridized carbons (Fsp3) is 0.304. The number of carbonyl (C=O) groups is 3. The lowest BCUT2D eigenvalue weighted by molar-refractivity contribution is -0.139. The fourth-order valence-corrected chi connectivity index (χ4v) is 3.45. The molecule has 1 saturated heterocycles. The third kappa shape index (κ3) is 4.73. The van der Waals surface area contributed by atoms with Gasteiger partial charge in [0.25, 0.3) is 5.91 Å². The van der Waals surface area contributed by atoms with Gasteiger partial charge in [-0.25, -0.2) is 4.79 Å². The number of methoxy groups -OCH3 is 1. The van der Waals surface area contributed by atoms with Crippen molar-refractivity contribution >= 4 is 17.8 Å². The van der Waals surface area contributed by atoms with Gasteiger partial charge in [0.15, 0.2) is 0 Å². The largest absolute Gasteiger partial charge is 0.383 e. The number of nitriles is 1. The van der Waals surface area contributed by atoms with Crippen molar-refractivity contribution in [2.75, 3.05) is 26.8 Å². The minimum Gasteiger partial charge on any atom is -0.383 e. The SMILES string of the molecule is COCCN(Cc1ccccc1)C(=O)CN1C(=O)NC(C)(c2ccc(C#N)cc2)C1=O. The summed E-state index contributed by atoms with van der Waals surface area (Å²) in [6.45, 7) is 2.24. The van der Waals surface area contributed by atoms with Gasteiger partial charge in [0, 0.05) is 20.2 Å². The Bertz CT molecular complexity index is 1000. The molecule has 31 heavy (non-hydrogen) atoms. The molecule has 0 radical (unpaired) electrons. The van der Waals surface area contributed by atoms with Crippen LogP contribution in [0, 0.1) is 11.3 Å². The molecule has 0 aromatic heterocycles. The number of hydrogen-bond acceptors (Lipinski definition) is 5. The lowest BCUT2D eigenvalue weighted by Gasteiger charge is -2.25. The summed E-state index contributed by atoms with van der Waals surface area (Å²) in [4.78, 5) is 41.2.